The zero-order valence-electron chi connectivity index (χ0n) is 14.0. The predicted molar refractivity (Wildman–Crippen MR) is 94.0 cm³/mol. The van der Waals surface area contributed by atoms with E-state index in [1.165, 1.54) is 6.07 Å². The van der Waals surface area contributed by atoms with Crippen LogP contribution in [0, 0.1) is 12.7 Å². The fourth-order valence-electron chi connectivity index (χ4n) is 2.32. The second-order valence-electron chi connectivity index (χ2n) is 5.64. The number of carbonyl (C=O) groups excluding carboxylic acids is 2. The van der Waals surface area contributed by atoms with Gasteiger partial charge in [-0.2, -0.15) is 0 Å². The van der Waals surface area contributed by atoms with Crippen molar-refractivity contribution in [1.82, 2.24) is 5.32 Å². The van der Waals surface area contributed by atoms with Crippen LogP contribution in [0.5, 0.6) is 0 Å². The lowest BCUT2D eigenvalue weighted by atomic mass is 10.0. The molecule has 1 atom stereocenters. The number of ether oxygens (including phenoxy) is 1. The van der Waals surface area contributed by atoms with E-state index in [-0.39, 0.29) is 16.6 Å². The van der Waals surface area contributed by atoms with Gasteiger partial charge in [0.05, 0.1) is 16.6 Å². The summed E-state index contributed by atoms with van der Waals surface area (Å²) >= 11 is 5.80. The number of carbonyl (C=O) groups is 2. The second-order valence-corrected chi connectivity index (χ2v) is 6.05. The lowest BCUT2D eigenvalue weighted by Gasteiger charge is -2.17. The Hall–Kier alpha value is -2.40. The molecule has 0 heterocycles. The lowest BCUT2D eigenvalue weighted by Crippen LogP contribution is -2.32. The quantitative estimate of drug-likeness (QED) is 0.782. The predicted octanol–water partition coefficient (Wildman–Crippen LogP) is 4.21. The molecule has 0 spiro atoms. The average Bonchev–Trinajstić information content (AvgIpc) is 2.58. The molecule has 2 aromatic rings. The number of esters is 1. The van der Waals surface area contributed by atoms with Crippen LogP contribution >= 0.6 is 11.6 Å². The summed E-state index contributed by atoms with van der Waals surface area (Å²) in [5.74, 6) is -1.74. The molecule has 0 bridgehead atoms. The smallest absolute Gasteiger partial charge is 0.340 e. The van der Waals surface area contributed by atoms with Crippen LogP contribution in [0.2, 0.25) is 5.02 Å². The van der Waals surface area contributed by atoms with Crippen LogP contribution in [0.3, 0.4) is 0 Å². The van der Waals surface area contributed by atoms with Gasteiger partial charge in [-0.15, -0.1) is 0 Å². The van der Waals surface area contributed by atoms with Crippen molar-refractivity contribution < 1.29 is 18.7 Å². The van der Waals surface area contributed by atoms with E-state index < -0.39 is 24.3 Å². The van der Waals surface area contributed by atoms with Crippen molar-refractivity contribution in [1.29, 1.82) is 0 Å². The Morgan fingerprint density at radius 3 is 2.48 bits per heavy atom. The highest BCUT2D eigenvalue weighted by Gasteiger charge is 2.17. The summed E-state index contributed by atoms with van der Waals surface area (Å²) in [4.78, 5) is 24.0. The molecule has 0 saturated carbocycles. The number of nitrogens with one attached hydrogen (secondary N) is 1. The van der Waals surface area contributed by atoms with E-state index in [0.717, 1.165) is 23.3 Å². The Bertz CT molecular complexity index is 762. The van der Waals surface area contributed by atoms with Gasteiger partial charge in [-0.05, 0) is 37.1 Å². The van der Waals surface area contributed by atoms with Crippen LogP contribution in [0.15, 0.2) is 42.5 Å². The first-order chi connectivity index (χ1) is 11.9. The van der Waals surface area contributed by atoms with Crippen LogP contribution in [-0.4, -0.2) is 18.5 Å². The molecular formula is C19H19ClFNO3. The summed E-state index contributed by atoms with van der Waals surface area (Å²) in [5.41, 5.74) is 2.13. The van der Waals surface area contributed by atoms with E-state index in [2.05, 4.69) is 5.32 Å². The molecule has 0 aliphatic carbocycles. The molecule has 0 aromatic heterocycles. The van der Waals surface area contributed by atoms with Gasteiger partial charge in [0.2, 0.25) is 0 Å². The topological polar surface area (TPSA) is 55.4 Å². The Labute approximate surface area is 150 Å². The number of rotatable bonds is 6. The standard InChI is InChI=1S/C19H19ClFNO3/c1-3-17(13-6-4-12(2)5-7-13)22-18(23)11-25-19(24)15-9-8-14(21)10-16(15)20/h4-10,17H,3,11H2,1-2H3,(H,22,23)/t17-/m1/s1. The molecular weight excluding hydrogens is 345 g/mol. The van der Waals surface area contributed by atoms with E-state index in [1.54, 1.807) is 0 Å². The van der Waals surface area contributed by atoms with Crippen molar-refractivity contribution in [2.45, 2.75) is 26.3 Å². The largest absolute Gasteiger partial charge is 0.452 e. The summed E-state index contributed by atoms with van der Waals surface area (Å²) in [6, 6.07) is 11.0. The van der Waals surface area contributed by atoms with Gasteiger partial charge in [0.1, 0.15) is 5.82 Å². The van der Waals surface area contributed by atoms with Crippen molar-refractivity contribution in [3.05, 3.63) is 70.0 Å². The second kappa shape index (κ2) is 8.62. The van der Waals surface area contributed by atoms with E-state index in [9.17, 15) is 14.0 Å². The van der Waals surface area contributed by atoms with Crippen molar-refractivity contribution in [3.63, 3.8) is 0 Å². The van der Waals surface area contributed by atoms with Gasteiger partial charge in [-0.3, -0.25) is 4.79 Å². The van der Waals surface area contributed by atoms with E-state index in [1.807, 2.05) is 38.1 Å². The maximum atomic E-state index is 13.0. The number of hydrogen-bond donors (Lipinski definition) is 1. The fraction of sp³-hybridized carbons (Fsp3) is 0.263. The minimum Gasteiger partial charge on any atom is -0.452 e. The molecule has 6 heteroatoms. The SMILES string of the molecule is CC[C@@H](NC(=O)COC(=O)c1ccc(F)cc1Cl)c1ccc(C)cc1. The molecule has 4 nitrogen and oxygen atoms in total. The third-order valence-corrected chi connectivity index (χ3v) is 4.02. The third-order valence-electron chi connectivity index (χ3n) is 3.71. The summed E-state index contributed by atoms with van der Waals surface area (Å²) < 4.78 is 17.9. The van der Waals surface area contributed by atoms with Gasteiger partial charge in [-0.1, -0.05) is 48.4 Å². The molecule has 1 amide bonds. The molecule has 132 valence electrons. The molecule has 2 rings (SSSR count). The first kappa shape index (κ1) is 18.9. The van der Waals surface area contributed by atoms with E-state index in [0.29, 0.717) is 6.42 Å². The van der Waals surface area contributed by atoms with E-state index in [4.69, 9.17) is 16.3 Å². The molecule has 2 aromatic carbocycles. The van der Waals surface area contributed by atoms with Crippen LogP contribution in [-0.2, 0) is 9.53 Å². The number of aryl methyl sites for hydroxylation is 1. The maximum Gasteiger partial charge on any atom is 0.340 e. The van der Waals surface area contributed by atoms with Crippen molar-refractivity contribution >= 4 is 23.5 Å². The number of amides is 1. The van der Waals surface area contributed by atoms with Gasteiger partial charge in [0.15, 0.2) is 6.61 Å². The molecule has 0 saturated heterocycles. The highest BCUT2D eigenvalue weighted by molar-refractivity contribution is 6.33. The van der Waals surface area contributed by atoms with Crippen LogP contribution in [0.25, 0.3) is 0 Å². The molecule has 0 aliphatic heterocycles. The molecule has 0 unspecified atom stereocenters. The monoisotopic (exact) mass is 363 g/mol. The fourth-order valence-corrected chi connectivity index (χ4v) is 2.56. The van der Waals surface area contributed by atoms with Crippen LogP contribution in [0.1, 0.15) is 40.9 Å². The van der Waals surface area contributed by atoms with Crippen molar-refractivity contribution in [3.8, 4) is 0 Å². The van der Waals surface area contributed by atoms with E-state index >= 15 is 0 Å². The summed E-state index contributed by atoms with van der Waals surface area (Å²) in [6.45, 7) is 3.51. The number of hydrogen-bond acceptors (Lipinski definition) is 3. The first-order valence-electron chi connectivity index (χ1n) is 7.88. The van der Waals surface area contributed by atoms with Gasteiger partial charge in [0, 0.05) is 0 Å². The Morgan fingerprint density at radius 1 is 1.20 bits per heavy atom. The highest BCUT2D eigenvalue weighted by Crippen LogP contribution is 2.19. The third kappa shape index (κ3) is 5.29. The molecule has 0 radical (unpaired) electrons. The Morgan fingerprint density at radius 2 is 1.88 bits per heavy atom. The summed E-state index contributed by atoms with van der Waals surface area (Å²) in [6.07, 6.45) is 0.701. The molecule has 25 heavy (non-hydrogen) atoms. The Kier molecular flexibility index (Phi) is 6.53. The van der Waals surface area contributed by atoms with Crippen molar-refractivity contribution in [2.75, 3.05) is 6.61 Å². The van der Waals surface area contributed by atoms with Crippen molar-refractivity contribution in [2.24, 2.45) is 0 Å². The van der Waals surface area contributed by atoms with Crippen LogP contribution in [0.4, 0.5) is 4.39 Å². The van der Waals surface area contributed by atoms with Gasteiger partial charge in [-0.25, -0.2) is 9.18 Å². The van der Waals surface area contributed by atoms with Gasteiger partial charge >= 0.3 is 5.97 Å². The minimum absolute atomic E-state index is 0.0152. The molecule has 1 N–H and O–H groups in total. The number of halogens is 2. The van der Waals surface area contributed by atoms with Gasteiger partial charge in [0.25, 0.3) is 5.91 Å². The normalized spacial score (nSPS) is 11.7. The zero-order valence-corrected chi connectivity index (χ0v) is 14.8. The lowest BCUT2D eigenvalue weighted by molar-refractivity contribution is -0.125. The zero-order chi connectivity index (χ0) is 18.4. The Balaban J connectivity index is 1.92. The summed E-state index contributed by atoms with van der Waals surface area (Å²) in [7, 11) is 0. The molecule has 0 aliphatic rings. The first-order valence-corrected chi connectivity index (χ1v) is 8.26. The van der Waals surface area contributed by atoms with Crippen LogP contribution < -0.4 is 5.32 Å². The highest BCUT2D eigenvalue weighted by atomic mass is 35.5. The minimum atomic E-state index is -0.775. The summed E-state index contributed by atoms with van der Waals surface area (Å²) in [5, 5.41) is 2.77. The van der Waals surface area contributed by atoms with Gasteiger partial charge < -0.3 is 10.1 Å². The molecule has 0 fully saturated rings. The average molecular weight is 364 g/mol. The number of benzene rings is 2. The maximum absolute atomic E-state index is 13.0.